The molecule has 11 heteroatoms. The third-order valence-electron chi connectivity index (χ3n) is 7.87. The van der Waals surface area contributed by atoms with E-state index in [0.717, 1.165) is 33.2 Å². The molecule has 0 spiro atoms. The van der Waals surface area contributed by atoms with Crippen LogP contribution in [-0.4, -0.2) is 46.6 Å². The first-order valence-electron chi connectivity index (χ1n) is 14.6. The van der Waals surface area contributed by atoms with E-state index in [9.17, 15) is 24.3 Å². The van der Waals surface area contributed by atoms with Crippen LogP contribution in [0.2, 0.25) is 0 Å². The first kappa shape index (κ1) is 29.9. The van der Waals surface area contributed by atoms with Gasteiger partial charge in [-0.15, -0.1) is 0 Å². The molecule has 11 nitrogen and oxygen atoms in total. The molecule has 4 aromatic carbocycles. The molecule has 5 aromatic rings. The Hall–Kier alpha value is -6.10. The first-order chi connectivity index (χ1) is 22.4. The number of benzene rings is 4. The van der Waals surface area contributed by atoms with E-state index in [0.29, 0.717) is 23.4 Å². The number of ether oxygens (including phenoxy) is 2. The number of carboxylic acids is 1. The summed E-state index contributed by atoms with van der Waals surface area (Å²) in [5, 5.41) is 12.1. The molecular weight excluding hydrogens is 588 g/mol. The van der Waals surface area contributed by atoms with Crippen molar-refractivity contribution in [3.63, 3.8) is 0 Å². The molecule has 232 valence electrons. The zero-order chi connectivity index (χ0) is 32.0. The van der Waals surface area contributed by atoms with Crippen molar-refractivity contribution >= 4 is 34.8 Å². The van der Waals surface area contributed by atoms with Crippen LogP contribution in [0.1, 0.15) is 28.2 Å². The number of hydrazine groups is 1. The number of rotatable bonds is 9. The minimum Gasteiger partial charge on any atom is -0.487 e. The van der Waals surface area contributed by atoms with E-state index in [-0.39, 0.29) is 18.9 Å². The molecule has 1 aliphatic rings. The Morgan fingerprint density at radius 1 is 0.804 bits per heavy atom. The smallest absolute Gasteiger partial charge is 0.426 e. The number of aromatic amines is 1. The summed E-state index contributed by atoms with van der Waals surface area (Å²) in [4.78, 5) is 52.3. The zero-order valence-corrected chi connectivity index (χ0v) is 24.5. The highest BCUT2D eigenvalue weighted by atomic mass is 16.6. The van der Waals surface area contributed by atoms with Gasteiger partial charge in [0.25, 0.3) is 5.91 Å². The van der Waals surface area contributed by atoms with Crippen molar-refractivity contribution in [2.45, 2.75) is 25.0 Å². The molecule has 1 aromatic heterocycles. The van der Waals surface area contributed by atoms with E-state index < -0.39 is 29.9 Å². The van der Waals surface area contributed by atoms with Crippen molar-refractivity contribution in [2.75, 3.05) is 6.61 Å². The Kier molecular flexibility index (Phi) is 8.64. The molecule has 1 aliphatic carbocycles. The van der Waals surface area contributed by atoms with Crippen LogP contribution < -0.4 is 20.9 Å². The summed E-state index contributed by atoms with van der Waals surface area (Å²) in [6, 6.07) is 29.5. The fourth-order valence-electron chi connectivity index (χ4n) is 5.69. The maximum Gasteiger partial charge on any atom is 0.426 e. The third kappa shape index (κ3) is 6.39. The van der Waals surface area contributed by atoms with Gasteiger partial charge in [0.1, 0.15) is 25.0 Å². The summed E-state index contributed by atoms with van der Waals surface area (Å²) in [5.41, 5.74) is 10.9. The minimum absolute atomic E-state index is 0.0267. The molecule has 6 rings (SSSR count). The fourth-order valence-corrected chi connectivity index (χ4v) is 5.69. The van der Waals surface area contributed by atoms with Crippen LogP contribution >= 0.6 is 0 Å². The number of aromatic nitrogens is 1. The Morgan fingerprint density at radius 2 is 1.48 bits per heavy atom. The molecule has 0 fully saturated rings. The maximum absolute atomic E-state index is 13.2. The van der Waals surface area contributed by atoms with Crippen LogP contribution in [0.5, 0.6) is 5.75 Å². The van der Waals surface area contributed by atoms with Gasteiger partial charge in [-0.2, -0.15) is 0 Å². The van der Waals surface area contributed by atoms with Gasteiger partial charge >= 0.3 is 18.0 Å². The van der Waals surface area contributed by atoms with Crippen molar-refractivity contribution < 1.29 is 33.8 Å². The van der Waals surface area contributed by atoms with E-state index in [4.69, 9.17) is 9.47 Å². The van der Waals surface area contributed by atoms with E-state index in [2.05, 4.69) is 21.2 Å². The summed E-state index contributed by atoms with van der Waals surface area (Å²) in [5.74, 6) is -3.56. The highest BCUT2D eigenvalue weighted by Gasteiger charge is 2.30. The monoisotopic (exact) mass is 618 g/mol. The van der Waals surface area contributed by atoms with Gasteiger partial charge in [0.2, 0.25) is 0 Å². The maximum atomic E-state index is 13.2. The first-order valence-corrected chi connectivity index (χ1v) is 14.6. The largest absolute Gasteiger partial charge is 0.487 e. The Balaban J connectivity index is 1.11. The number of carbonyl (C=O) groups is 4. The van der Waals surface area contributed by atoms with E-state index in [1.54, 1.807) is 18.3 Å². The van der Waals surface area contributed by atoms with E-state index >= 15 is 0 Å². The normalized spacial score (nSPS) is 12.4. The number of nitrogens with one attached hydrogen (secondary N) is 4. The highest BCUT2D eigenvalue weighted by molar-refractivity contribution is 6.32. The van der Waals surface area contributed by atoms with Crippen LogP contribution in [0.4, 0.5) is 4.79 Å². The van der Waals surface area contributed by atoms with E-state index in [1.165, 1.54) is 0 Å². The SMILES string of the molecule is O=C(NNC(=O)C(Cc1c[nH]c2c(OCc3ccccc3)cccc12)NC(=O)C(=O)O)OCC1c2ccccc2-c2ccccc21. The van der Waals surface area contributed by atoms with Crippen LogP contribution in [0, 0.1) is 0 Å². The van der Waals surface area contributed by atoms with Gasteiger partial charge in [-0.1, -0.05) is 91.0 Å². The fraction of sp³-hybridized carbons (Fsp3) is 0.143. The molecule has 5 N–H and O–H groups in total. The van der Waals surface area contributed by atoms with Gasteiger partial charge in [-0.25, -0.2) is 15.0 Å². The second-order valence-electron chi connectivity index (χ2n) is 10.7. The molecule has 0 saturated heterocycles. The molecule has 0 radical (unpaired) electrons. The van der Waals surface area contributed by atoms with Crippen LogP contribution in [0.3, 0.4) is 0 Å². The lowest BCUT2D eigenvalue weighted by molar-refractivity contribution is -0.151. The van der Waals surface area contributed by atoms with Gasteiger partial charge < -0.3 is 24.9 Å². The van der Waals surface area contributed by atoms with Crippen LogP contribution in [0.25, 0.3) is 22.0 Å². The molecule has 46 heavy (non-hydrogen) atoms. The molecule has 0 aliphatic heterocycles. The number of H-pyrrole nitrogens is 1. The Morgan fingerprint density at radius 3 is 2.17 bits per heavy atom. The molecule has 1 heterocycles. The van der Waals surface area contributed by atoms with Gasteiger partial charge in [0.15, 0.2) is 0 Å². The summed E-state index contributed by atoms with van der Waals surface area (Å²) in [6.07, 6.45) is 0.664. The predicted octanol–water partition coefficient (Wildman–Crippen LogP) is 4.43. The number of amides is 3. The van der Waals surface area contributed by atoms with Gasteiger partial charge in [0.05, 0.1) is 5.52 Å². The Labute approximate surface area is 263 Å². The lowest BCUT2D eigenvalue weighted by Crippen LogP contribution is -2.54. The number of aliphatic carboxylic acids is 1. The lowest BCUT2D eigenvalue weighted by Gasteiger charge is -2.18. The molecule has 0 bridgehead atoms. The van der Waals surface area contributed by atoms with Crippen molar-refractivity contribution in [1.29, 1.82) is 0 Å². The second kappa shape index (κ2) is 13.3. The minimum atomic E-state index is -1.75. The second-order valence-corrected chi connectivity index (χ2v) is 10.7. The van der Waals surface area contributed by atoms with Crippen molar-refractivity contribution in [2.24, 2.45) is 0 Å². The molecule has 1 unspecified atom stereocenters. The van der Waals surface area contributed by atoms with E-state index in [1.807, 2.05) is 84.9 Å². The van der Waals surface area contributed by atoms with Crippen LogP contribution in [-0.2, 0) is 32.1 Å². The molecular formula is C35H30N4O7. The summed E-state index contributed by atoms with van der Waals surface area (Å²) in [7, 11) is 0. The number of carboxylic acid groups (broad SMARTS) is 1. The predicted molar refractivity (Wildman–Crippen MR) is 169 cm³/mol. The Bertz CT molecular complexity index is 1880. The average Bonchev–Trinajstić information content (AvgIpc) is 3.64. The quantitative estimate of drug-likeness (QED) is 0.121. The number of hydrogen-bond donors (Lipinski definition) is 5. The number of fused-ring (bicyclic) bond motifs is 4. The van der Waals surface area contributed by atoms with Crippen LogP contribution in [0.15, 0.2) is 103 Å². The van der Waals surface area contributed by atoms with Crippen molar-refractivity contribution in [1.82, 2.24) is 21.2 Å². The van der Waals surface area contributed by atoms with Gasteiger partial charge in [-0.3, -0.25) is 15.0 Å². The summed E-state index contributed by atoms with van der Waals surface area (Å²) in [6.45, 7) is 0.370. The summed E-state index contributed by atoms with van der Waals surface area (Å²) >= 11 is 0. The molecule has 1 atom stereocenters. The molecule has 0 saturated carbocycles. The van der Waals surface area contributed by atoms with Crippen molar-refractivity contribution in [3.05, 3.63) is 126 Å². The topological polar surface area (TPSA) is 159 Å². The molecule has 3 amide bonds. The number of para-hydroxylation sites is 1. The van der Waals surface area contributed by atoms with Gasteiger partial charge in [-0.05, 0) is 39.4 Å². The average molecular weight is 619 g/mol. The van der Waals surface area contributed by atoms with Gasteiger partial charge in [0, 0.05) is 23.9 Å². The standard InChI is InChI=1S/C35H30N4O7/c40-32(38-39-35(44)46-20-28-26-13-6-4-11-24(26)25-12-5-7-14-27(25)28)29(37-33(41)34(42)43)17-22-18-36-31-23(22)15-8-16-30(31)45-19-21-9-2-1-3-10-21/h1-16,18,28-29,36H,17,19-20H2,(H,37,41)(H,38,40)(H,39,44)(H,42,43). The summed E-state index contributed by atoms with van der Waals surface area (Å²) < 4.78 is 11.5. The van der Waals surface area contributed by atoms with Crippen molar-refractivity contribution in [3.8, 4) is 16.9 Å². The zero-order valence-electron chi connectivity index (χ0n) is 24.5. The number of carbonyl (C=O) groups excluding carboxylic acids is 3. The lowest BCUT2D eigenvalue weighted by atomic mass is 9.98. The highest BCUT2D eigenvalue weighted by Crippen LogP contribution is 2.44. The number of hydrogen-bond acceptors (Lipinski definition) is 6. The third-order valence-corrected chi connectivity index (χ3v) is 7.87.